The van der Waals surface area contributed by atoms with Gasteiger partial charge < -0.3 is 24.9 Å². The summed E-state index contributed by atoms with van der Waals surface area (Å²) in [7, 11) is -10.1. The average molecular weight is 295 g/mol. The minimum absolute atomic E-state index is 0.217. The molecule has 1 aromatic carbocycles. The van der Waals surface area contributed by atoms with Crippen molar-refractivity contribution in [3.63, 3.8) is 0 Å². The van der Waals surface area contributed by atoms with Crippen molar-refractivity contribution < 1.29 is 28.7 Å². The number of nitrogens with one attached hydrogen (secondary N) is 1. The minimum atomic E-state index is -5.06. The van der Waals surface area contributed by atoms with Gasteiger partial charge in [0.2, 0.25) is 5.02 Å². The normalized spacial score (nSPS) is 13.4. The van der Waals surface area contributed by atoms with Crippen molar-refractivity contribution in [1.29, 1.82) is 0 Å². The molecule has 7 nitrogen and oxygen atoms in total. The van der Waals surface area contributed by atoms with Crippen molar-refractivity contribution >= 4 is 20.9 Å². The molecule has 18 heavy (non-hydrogen) atoms. The van der Waals surface area contributed by atoms with Crippen LogP contribution in [0.3, 0.4) is 0 Å². The monoisotopic (exact) mass is 295 g/mol. The lowest BCUT2D eigenvalue weighted by atomic mass is 10.2. The van der Waals surface area contributed by atoms with Crippen molar-refractivity contribution in [3.05, 3.63) is 29.8 Å². The number of rotatable bonds is 4. The zero-order valence-electron chi connectivity index (χ0n) is 9.81. The van der Waals surface area contributed by atoms with Crippen LogP contribution in [-0.2, 0) is 9.13 Å². The summed E-state index contributed by atoms with van der Waals surface area (Å²) in [5, 5.41) is -0.407. The summed E-state index contributed by atoms with van der Waals surface area (Å²) in [5.74, 6) is 0. The van der Waals surface area contributed by atoms with Gasteiger partial charge in [-0.2, -0.15) is 0 Å². The molecule has 0 unspecified atom stereocenters. The predicted molar refractivity (Wildman–Crippen MR) is 67.3 cm³/mol. The van der Waals surface area contributed by atoms with Gasteiger partial charge in [-0.3, -0.25) is 9.13 Å². The predicted octanol–water partition coefficient (Wildman–Crippen LogP) is 1.44. The largest absolute Gasteiger partial charge is 0.362 e. The molecule has 0 radical (unpaired) electrons. The van der Waals surface area contributed by atoms with Crippen LogP contribution in [-0.4, -0.2) is 24.6 Å². The second-order valence-electron chi connectivity index (χ2n) is 4.10. The molecule has 0 aliphatic rings. The van der Waals surface area contributed by atoms with Crippen molar-refractivity contribution in [2.24, 2.45) is 0 Å². The molecule has 1 aromatic rings. The van der Waals surface area contributed by atoms with E-state index in [0.717, 1.165) is 12.5 Å². The van der Waals surface area contributed by atoms with Gasteiger partial charge in [-0.15, -0.1) is 0 Å². The highest BCUT2D eigenvalue weighted by Gasteiger charge is 2.56. The van der Waals surface area contributed by atoms with Crippen molar-refractivity contribution in [2.45, 2.75) is 18.9 Å². The van der Waals surface area contributed by atoms with Crippen LogP contribution in [0.5, 0.6) is 0 Å². The molecular weight excluding hydrogens is 280 g/mol. The number of hydrogen-bond donors (Lipinski definition) is 5. The Morgan fingerprint density at radius 3 is 1.72 bits per heavy atom. The van der Waals surface area contributed by atoms with Crippen molar-refractivity contribution in [1.82, 2.24) is 0 Å². The Morgan fingerprint density at radius 2 is 1.39 bits per heavy atom. The molecule has 0 aliphatic heterocycles. The number of benzene rings is 1. The fourth-order valence-electron chi connectivity index (χ4n) is 1.23. The molecular formula is C9H15NO6P2. The Kier molecular flexibility index (Phi) is 4.08. The van der Waals surface area contributed by atoms with Crippen molar-refractivity contribution in [2.75, 3.05) is 5.32 Å². The molecule has 0 fully saturated rings. The zero-order valence-corrected chi connectivity index (χ0v) is 11.6. The third-order valence-electron chi connectivity index (χ3n) is 2.57. The Hall–Kier alpha value is -0.680. The molecule has 0 aromatic heterocycles. The van der Waals surface area contributed by atoms with E-state index in [4.69, 9.17) is 19.6 Å². The van der Waals surface area contributed by atoms with Gasteiger partial charge in [0.05, 0.1) is 0 Å². The topological polar surface area (TPSA) is 127 Å². The summed E-state index contributed by atoms with van der Waals surface area (Å²) < 4.78 is 22.6. The summed E-state index contributed by atoms with van der Waals surface area (Å²) in [6, 6.07) is 6.28. The highest BCUT2D eigenvalue weighted by atomic mass is 31.2. The Morgan fingerprint density at radius 1 is 1.00 bits per heavy atom. The molecule has 0 aliphatic carbocycles. The Labute approximate surface area is 104 Å². The maximum absolute atomic E-state index is 11.3. The SMILES string of the molecule is Cc1ccc(NC(C)(P(=O)(O)O)P(=O)(O)O)cc1. The van der Waals surface area contributed by atoms with Crippen LogP contribution in [0.1, 0.15) is 12.5 Å². The van der Waals surface area contributed by atoms with Gasteiger partial charge in [-0.25, -0.2) is 0 Å². The average Bonchev–Trinajstić information content (AvgIpc) is 2.18. The van der Waals surface area contributed by atoms with Gasteiger partial charge in [-0.1, -0.05) is 17.7 Å². The summed E-state index contributed by atoms with van der Waals surface area (Å²) in [4.78, 5) is 36.6. The molecule has 0 saturated carbocycles. The first-order chi connectivity index (χ1) is 7.97. The van der Waals surface area contributed by atoms with Gasteiger partial charge in [-0.05, 0) is 26.0 Å². The lowest BCUT2D eigenvalue weighted by molar-refractivity contribution is 0.321. The maximum Gasteiger partial charge on any atom is 0.362 e. The molecule has 5 N–H and O–H groups in total. The van der Waals surface area contributed by atoms with Crippen LogP contribution < -0.4 is 5.32 Å². The molecule has 9 heteroatoms. The standard InChI is InChI=1S/C9H15NO6P2/c1-7-3-5-8(6-4-7)10-9(2,17(11,12)13)18(14,15)16/h3-6,10H,1-2H3,(H2,11,12,13)(H2,14,15,16). The summed E-state index contributed by atoms with van der Waals surface area (Å²) in [5.41, 5.74) is 1.13. The fourth-order valence-corrected chi connectivity index (χ4v) is 3.13. The highest BCUT2D eigenvalue weighted by Crippen LogP contribution is 2.68. The molecule has 0 spiro atoms. The quantitative estimate of drug-likeness (QED) is 0.532. The summed E-state index contributed by atoms with van der Waals surface area (Å²) in [6.45, 7) is 2.61. The van der Waals surface area contributed by atoms with E-state index in [1.54, 1.807) is 12.1 Å². The first kappa shape index (κ1) is 15.4. The van der Waals surface area contributed by atoms with E-state index >= 15 is 0 Å². The maximum atomic E-state index is 11.3. The van der Waals surface area contributed by atoms with E-state index in [2.05, 4.69) is 5.32 Å². The van der Waals surface area contributed by atoms with Crippen LogP contribution in [0.25, 0.3) is 0 Å². The third kappa shape index (κ3) is 3.01. The number of hydrogen-bond acceptors (Lipinski definition) is 3. The smallest absolute Gasteiger partial charge is 0.359 e. The first-order valence-corrected chi connectivity index (χ1v) is 8.16. The first-order valence-electron chi connectivity index (χ1n) is 4.93. The number of aryl methyl sites for hydroxylation is 1. The van der Waals surface area contributed by atoms with Crippen LogP contribution in [0.15, 0.2) is 24.3 Å². The summed E-state index contributed by atoms with van der Waals surface area (Å²) >= 11 is 0. The van der Waals surface area contributed by atoms with E-state index in [-0.39, 0.29) is 5.69 Å². The van der Waals surface area contributed by atoms with Gasteiger partial charge in [0.15, 0.2) is 0 Å². The van der Waals surface area contributed by atoms with Crippen LogP contribution in [0.4, 0.5) is 5.69 Å². The van der Waals surface area contributed by atoms with E-state index in [1.807, 2.05) is 6.92 Å². The second kappa shape index (κ2) is 4.78. The molecule has 1 rings (SSSR count). The Bertz CT molecular complexity index is 494. The van der Waals surface area contributed by atoms with E-state index < -0.39 is 20.2 Å². The zero-order chi connectivity index (χ0) is 14.2. The summed E-state index contributed by atoms with van der Waals surface area (Å²) in [6.07, 6.45) is 0. The van der Waals surface area contributed by atoms with Gasteiger partial charge >= 0.3 is 15.2 Å². The molecule has 0 saturated heterocycles. The van der Waals surface area contributed by atoms with Crippen LogP contribution >= 0.6 is 15.2 Å². The third-order valence-corrected chi connectivity index (χ3v) is 6.62. The lowest BCUT2D eigenvalue weighted by Crippen LogP contribution is -2.34. The van der Waals surface area contributed by atoms with Gasteiger partial charge in [0.1, 0.15) is 0 Å². The van der Waals surface area contributed by atoms with Gasteiger partial charge in [0.25, 0.3) is 0 Å². The van der Waals surface area contributed by atoms with Crippen LogP contribution in [0, 0.1) is 6.92 Å². The van der Waals surface area contributed by atoms with E-state index in [0.29, 0.717) is 0 Å². The molecule has 0 atom stereocenters. The Balaban J connectivity index is 3.20. The van der Waals surface area contributed by atoms with Crippen LogP contribution in [0.2, 0.25) is 0 Å². The lowest BCUT2D eigenvalue weighted by Gasteiger charge is -2.32. The molecule has 0 heterocycles. The van der Waals surface area contributed by atoms with E-state index in [9.17, 15) is 9.13 Å². The second-order valence-corrected chi connectivity index (χ2v) is 8.42. The molecule has 0 bridgehead atoms. The molecule has 102 valence electrons. The highest BCUT2D eigenvalue weighted by molar-refractivity contribution is 7.72. The van der Waals surface area contributed by atoms with Crippen molar-refractivity contribution in [3.8, 4) is 0 Å². The van der Waals surface area contributed by atoms with Gasteiger partial charge in [0, 0.05) is 5.69 Å². The molecule has 0 amide bonds. The minimum Gasteiger partial charge on any atom is -0.359 e. The fraction of sp³-hybridized carbons (Fsp3) is 0.333. The van der Waals surface area contributed by atoms with E-state index in [1.165, 1.54) is 12.1 Å². The number of anilines is 1.